The van der Waals surface area contributed by atoms with Crippen LogP contribution in [0.5, 0.6) is 0 Å². The van der Waals surface area contributed by atoms with Crippen LogP contribution in [0.2, 0.25) is 0 Å². The van der Waals surface area contributed by atoms with E-state index in [1.165, 1.54) is 98.6 Å². The van der Waals surface area contributed by atoms with E-state index in [-0.39, 0.29) is 0 Å². The molecular formula is C66H44N2. The predicted octanol–water partition coefficient (Wildman–Crippen LogP) is 18.4. The van der Waals surface area contributed by atoms with E-state index in [1.54, 1.807) is 0 Å². The number of rotatable bonds is 8. The van der Waals surface area contributed by atoms with Gasteiger partial charge in [0.25, 0.3) is 0 Å². The SMILES string of the molecule is c1ccc2cc(-c3ccc(N(c4ccc(-c5ccc6c(c5)c5ccccc5n6-c5ccc(-c6cccc7ccccc67)cc5)cc4)c4ccc(-c5cccc6ccccc56)cc4)cc3)ccc2c1. The molecule has 0 N–H and O–H groups in total. The van der Waals surface area contributed by atoms with Crippen LogP contribution in [-0.4, -0.2) is 4.57 Å². The molecule has 318 valence electrons. The third-order valence-electron chi connectivity index (χ3n) is 13.8. The normalized spacial score (nSPS) is 11.5. The summed E-state index contributed by atoms with van der Waals surface area (Å²) in [5.41, 5.74) is 16.5. The highest BCUT2D eigenvalue weighted by molar-refractivity contribution is 6.10. The number of anilines is 3. The summed E-state index contributed by atoms with van der Waals surface area (Å²) in [4.78, 5) is 2.36. The van der Waals surface area contributed by atoms with Crippen molar-refractivity contribution in [1.29, 1.82) is 0 Å². The minimum Gasteiger partial charge on any atom is -0.311 e. The molecule has 0 unspecified atom stereocenters. The van der Waals surface area contributed by atoms with Crippen molar-refractivity contribution in [2.75, 3.05) is 4.90 Å². The first kappa shape index (κ1) is 39.4. The summed E-state index contributed by atoms with van der Waals surface area (Å²) >= 11 is 0. The molecule has 0 spiro atoms. The van der Waals surface area contributed by atoms with Crippen molar-refractivity contribution in [3.8, 4) is 50.2 Å². The maximum Gasteiger partial charge on any atom is 0.0541 e. The van der Waals surface area contributed by atoms with Crippen molar-refractivity contribution in [3.05, 3.63) is 267 Å². The number of hydrogen-bond donors (Lipinski definition) is 0. The smallest absolute Gasteiger partial charge is 0.0541 e. The van der Waals surface area contributed by atoms with Gasteiger partial charge < -0.3 is 9.47 Å². The van der Waals surface area contributed by atoms with Crippen molar-refractivity contribution in [1.82, 2.24) is 4.57 Å². The van der Waals surface area contributed by atoms with Crippen LogP contribution in [0.1, 0.15) is 0 Å². The molecule has 2 nitrogen and oxygen atoms in total. The van der Waals surface area contributed by atoms with Crippen molar-refractivity contribution in [3.63, 3.8) is 0 Å². The molecule has 0 saturated heterocycles. The van der Waals surface area contributed by atoms with E-state index in [9.17, 15) is 0 Å². The minimum atomic E-state index is 1.09. The molecule has 0 aliphatic carbocycles. The average molecular weight is 865 g/mol. The van der Waals surface area contributed by atoms with Crippen LogP contribution in [0.25, 0.3) is 104 Å². The molecular weight excluding hydrogens is 821 g/mol. The van der Waals surface area contributed by atoms with Crippen molar-refractivity contribution in [2.45, 2.75) is 0 Å². The van der Waals surface area contributed by atoms with Gasteiger partial charge in [-0.25, -0.2) is 0 Å². The molecule has 68 heavy (non-hydrogen) atoms. The van der Waals surface area contributed by atoms with Crippen LogP contribution >= 0.6 is 0 Å². The Kier molecular flexibility index (Phi) is 9.54. The highest BCUT2D eigenvalue weighted by atomic mass is 15.1. The zero-order chi connectivity index (χ0) is 45.0. The van der Waals surface area contributed by atoms with Gasteiger partial charge in [0.05, 0.1) is 11.0 Å². The number of hydrogen-bond acceptors (Lipinski definition) is 1. The number of aromatic nitrogens is 1. The van der Waals surface area contributed by atoms with Gasteiger partial charge in [0.1, 0.15) is 0 Å². The highest BCUT2D eigenvalue weighted by Crippen LogP contribution is 2.41. The Morgan fingerprint density at radius 2 is 0.647 bits per heavy atom. The Bertz CT molecular complexity index is 3980. The molecule has 0 fully saturated rings. The van der Waals surface area contributed by atoms with Crippen LogP contribution in [0.3, 0.4) is 0 Å². The predicted molar refractivity (Wildman–Crippen MR) is 290 cm³/mol. The van der Waals surface area contributed by atoms with Gasteiger partial charge in [-0.05, 0) is 150 Å². The molecule has 1 heterocycles. The van der Waals surface area contributed by atoms with E-state index in [0.717, 1.165) is 22.7 Å². The first-order valence-electron chi connectivity index (χ1n) is 23.4. The third kappa shape index (κ3) is 6.90. The maximum absolute atomic E-state index is 2.40. The Labute approximate surface area is 395 Å². The average Bonchev–Trinajstić information content (AvgIpc) is 3.75. The molecule has 0 aliphatic rings. The molecule has 0 amide bonds. The summed E-state index contributed by atoms with van der Waals surface area (Å²) in [7, 11) is 0. The van der Waals surface area contributed by atoms with Gasteiger partial charge in [-0.1, -0.05) is 194 Å². The zero-order valence-electron chi connectivity index (χ0n) is 37.3. The van der Waals surface area contributed by atoms with E-state index < -0.39 is 0 Å². The summed E-state index contributed by atoms with van der Waals surface area (Å²) in [6.07, 6.45) is 0. The fraction of sp³-hybridized carbons (Fsp3) is 0. The summed E-state index contributed by atoms with van der Waals surface area (Å²) in [5.74, 6) is 0. The maximum atomic E-state index is 2.40. The fourth-order valence-electron chi connectivity index (χ4n) is 10.4. The second kappa shape index (κ2) is 16.5. The van der Waals surface area contributed by atoms with E-state index >= 15 is 0 Å². The number of para-hydroxylation sites is 1. The lowest BCUT2D eigenvalue weighted by Crippen LogP contribution is -2.09. The van der Waals surface area contributed by atoms with Gasteiger partial charge in [-0.2, -0.15) is 0 Å². The van der Waals surface area contributed by atoms with E-state index in [1.807, 2.05) is 0 Å². The quantitative estimate of drug-likeness (QED) is 0.148. The van der Waals surface area contributed by atoms with Crippen LogP contribution in [0.4, 0.5) is 17.1 Å². The van der Waals surface area contributed by atoms with Gasteiger partial charge in [0.15, 0.2) is 0 Å². The molecule has 1 aromatic heterocycles. The molecule has 13 rings (SSSR count). The first-order valence-corrected chi connectivity index (χ1v) is 23.4. The monoisotopic (exact) mass is 864 g/mol. The van der Waals surface area contributed by atoms with Crippen molar-refractivity contribution in [2.24, 2.45) is 0 Å². The minimum absolute atomic E-state index is 1.09. The Hall–Kier alpha value is -8.98. The molecule has 0 bridgehead atoms. The fourth-order valence-corrected chi connectivity index (χ4v) is 10.4. The van der Waals surface area contributed by atoms with E-state index in [4.69, 9.17) is 0 Å². The highest BCUT2D eigenvalue weighted by Gasteiger charge is 2.17. The Morgan fingerprint density at radius 1 is 0.235 bits per heavy atom. The Morgan fingerprint density at radius 3 is 1.24 bits per heavy atom. The topological polar surface area (TPSA) is 8.17 Å². The third-order valence-corrected chi connectivity index (χ3v) is 13.8. The second-order valence-corrected chi connectivity index (χ2v) is 17.7. The number of benzene rings is 12. The van der Waals surface area contributed by atoms with Crippen molar-refractivity contribution < 1.29 is 0 Å². The van der Waals surface area contributed by atoms with Gasteiger partial charge in [0.2, 0.25) is 0 Å². The molecule has 13 aromatic rings. The lowest BCUT2D eigenvalue weighted by molar-refractivity contribution is 1.18. The Balaban J connectivity index is 0.857. The summed E-state index contributed by atoms with van der Waals surface area (Å²) in [6, 6.07) is 97.4. The van der Waals surface area contributed by atoms with Gasteiger partial charge in [-0.3, -0.25) is 0 Å². The zero-order valence-corrected chi connectivity index (χ0v) is 37.3. The standard InChI is InChI=1S/C66H44N2/c1-2-14-52-43-53(24-23-45(52)11-1)46-25-34-55(35-26-46)67(57-38-29-50(30-39-57)61-20-9-15-48-12-3-5-17-59(48)61)56-36-27-47(28-37-56)54-33-42-66-64(44-54)63-19-7-8-22-65(63)68(66)58-40-31-51(32-41-58)62-21-10-16-49-13-4-6-18-60(49)62/h1-44H. The summed E-state index contributed by atoms with van der Waals surface area (Å²) in [5, 5.41) is 10.00. The number of nitrogens with zero attached hydrogens (tertiary/aromatic N) is 2. The van der Waals surface area contributed by atoms with Crippen molar-refractivity contribution >= 4 is 71.2 Å². The van der Waals surface area contributed by atoms with Crippen LogP contribution in [-0.2, 0) is 0 Å². The first-order chi connectivity index (χ1) is 33.7. The van der Waals surface area contributed by atoms with E-state index in [0.29, 0.717) is 0 Å². The van der Waals surface area contributed by atoms with Crippen LogP contribution < -0.4 is 4.90 Å². The molecule has 2 heteroatoms. The molecule has 0 aliphatic heterocycles. The largest absolute Gasteiger partial charge is 0.311 e. The lowest BCUT2D eigenvalue weighted by atomic mass is 9.98. The van der Waals surface area contributed by atoms with E-state index in [2.05, 4.69) is 276 Å². The van der Waals surface area contributed by atoms with Gasteiger partial charge in [-0.15, -0.1) is 0 Å². The lowest BCUT2D eigenvalue weighted by Gasteiger charge is -2.26. The molecule has 0 saturated carbocycles. The number of fused-ring (bicyclic) bond motifs is 6. The van der Waals surface area contributed by atoms with Crippen LogP contribution in [0.15, 0.2) is 267 Å². The second-order valence-electron chi connectivity index (χ2n) is 17.7. The summed E-state index contributed by atoms with van der Waals surface area (Å²) in [6.45, 7) is 0. The van der Waals surface area contributed by atoms with Gasteiger partial charge >= 0.3 is 0 Å². The molecule has 0 atom stereocenters. The van der Waals surface area contributed by atoms with Crippen LogP contribution in [0, 0.1) is 0 Å². The molecule has 0 radical (unpaired) electrons. The molecule has 12 aromatic carbocycles. The summed E-state index contributed by atoms with van der Waals surface area (Å²) < 4.78 is 2.40. The van der Waals surface area contributed by atoms with Gasteiger partial charge in [0, 0.05) is 33.5 Å².